The van der Waals surface area contributed by atoms with Gasteiger partial charge in [-0.25, -0.2) is 0 Å². The van der Waals surface area contributed by atoms with Crippen LogP contribution in [0.15, 0.2) is 40.9 Å². The summed E-state index contributed by atoms with van der Waals surface area (Å²) in [7, 11) is 1.42. The van der Waals surface area contributed by atoms with Gasteiger partial charge in [-0.2, -0.15) is 0 Å². The van der Waals surface area contributed by atoms with Crippen LogP contribution in [0.3, 0.4) is 0 Å². The first kappa shape index (κ1) is 15.7. The number of anilines is 1. The molecule has 1 heterocycles. The van der Waals surface area contributed by atoms with Crippen LogP contribution in [-0.4, -0.2) is 29.7 Å². The molecule has 2 aromatic rings. The van der Waals surface area contributed by atoms with Gasteiger partial charge in [-0.1, -0.05) is 27.5 Å². The van der Waals surface area contributed by atoms with E-state index in [1.54, 1.807) is 24.3 Å². The molecule has 1 aliphatic rings. The van der Waals surface area contributed by atoms with Gasteiger partial charge in [0.05, 0.1) is 21.7 Å². The average Bonchev–Trinajstić information content (AvgIpc) is 2.74. The number of nitrogens with one attached hydrogen (secondary N) is 1. The molecule has 0 unspecified atom stereocenters. The zero-order valence-corrected chi connectivity index (χ0v) is 14.2. The summed E-state index contributed by atoms with van der Waals surface area (Å²) in [6.45, 7) is 0. The molecule has 2 aromatic carbocycles. The first-order chi connectivity index (χ1) is 10.9. The van der Waals surface area contributed by atoms with E-state index in [2.05, 4.69) is 21.2 Å². The molecule has 0 fully saturated rings. The van der Waals surface area contributed by atoms with Gasteiger partial charge in [0.25, 0.3) is 17.7 Å². The van der Waals surface area contributed by atoms with E-state index >= 15 is 0 Å². The average molecular weight is 394 g/mol. The van der Waals surface area contributed by atoms with E-state index in [0.717, 1.165) is 9.37 Å². The predicted octanol–water partition coefficient (Wildman–Crippen LogP) is 3.58. The summed E-state index contributed by atoms with van der Waals surface area (Å²) >= 11 is 9.31. The number of imide groups is 1. The first-order valence-corrected chi connectivity index (χ1v) is 7.78. The van der Waals surface area contributed by atoms with Crippen molar-refractivity contribution in [1.82, 2.24) is 4.90 Å². The van der Waals surface area contributed by atoms with E-state index < -0.39 is 5.91 Å². The lowest BCUT2D eigenvalue weighted by atomic mass is 10.1. The topological polar surface area (TPSA) is 66.5 Å². The number of carbonyl (C=O) groups excluding carboxylic acids is 3. The molecule has 0 saturated carbocycles. The van der Waals surface area contributed by atoms with Crippen molar-refractivity contribution in [2.45, 2.75) is 0 Å². The lowest BCUT2D eigenvalue weighted by molar-refractivity contribution is 0.0692. The molecule has 0 aromatic heterocycles. The van der Waals surface area contributed by atoms with E-state index in [4.69, 9.17) is 11.6 Å². The van der Waals surface area contributed by atoms with Gasteiger partial charge in [-0.15, -0.1) is 0 Å². The summed E-state index contributed by atoms with van der Waals surface area (Å²) in [4.78, 5) is 37.2. The molecule has 116 valence electrons. The number of carbonyl (C=O) groups is 3. The zero-order chi connectivity index (χ0) is 16.7. The summed E-state index contributed by atoms with van der Waals surface area (Å²) in [5.74, 6) is -1.14. The molecule has 1 N–H and O–H groups in total. The van der Waals surface area contributed by atoms with Crippen molar-refractivity contribution in [3.8, 4) is 0 Å². The molecule has 0 atom stereocenters. The minimum absolute atomic E-state index is 0.274. The number of fused-ring (bicyclic) bond motifs is 1. The number of hydrogen-bond acceptors (Lipinski definition) is 3. The Kier molecular flexibility index (Phi) is 3.95. The van der Waals surface area contributed by atoms with Gasteiger partial charge in [0.2, 0.25) is 0 Å². The second-order valence-electron chi connectivity index (χ2n) is 5.01. The SMILES string of the molecule is CN1C(=O)c2ccc(NC(=O)c3cc(Br)ccc3Cl)cc2C1=O. The first-order valence-electron chi connectivity index (χ1n) is 6.61. The van der Waals surface area contributed by atoms with Crippen LogP contribution >= 0.6 is 27.5 Å². The summed E-state index contributed by atoms with van der Waals surface area (Å²) in [6.07, 6.45) is 0. The fourth-order valence-corrected chi connectivity index (χ4v) is 2.87. The Labute approximate surface area is 145 Å². The molecule has 0 radical (unpaired) electrons. The summed E-state index contributed by atoms with van der Waals surface area (Å²) in [5.41, 5.74) is 1.33. The highest BCUT2D eigenvalue weighted by Crippen LogP contribution is 2.26. The van der Waals surface area contributed by atoms with Crippen LogP contribution in [0.2, 0.25) is 5.02 Å². The monoisotopic (exact) mass is 392 g/mol. The Balaban J connectivity index is 1.90. The van der Waals surface area contributed by atoms with Crippen molar-refractivity contribution in [3.63, 3.8) is 0 Å². The van der Waals surface area contributed by atoms with Crippen LogP contribution in [0.4, 0.5) is 5.69 Å². The molecule has 5 nitrogen and oxygen atoms in total. The van der Waals surface area contributed by atoms with E-state index in [1.807, 2.05) is 0 Å². The van der Waals surface area contributed by atoms with Gasteiger partial charge in [0.1, 0.15) is 0 Å². The summed E-state index contributed by atoms with van der Waals surface area (Å²) in [5, 5.41) is 3.00. The molecule has 0 saturated heterocycles. The summed E-state index contributed by atoms with van der Waals surface area (Å²) < 4.78 is 0.725. The minimum atomic E-state index is -0.402. The highest BCUT2D eigenvalue weighted by atomic mass is 79.9. The molecule has 0 spiro atoms. The van der Waals surface area contributed by atoms with Crippen molar-refractivity contribution in [1.29, 1.82) is 0 Å². The number of amides is 3. The smallest absolute Gasteiger partial charge is 0.261 e. The van der Waals surface area contributed by atoms with Crippen molar-refractivity contribution < 1.29 is 14.4 Å². The van der Waals surface area contributed by atoms with Gasteiger partial charge in [-0.05, 0) is 36.4 Å². The fourth-order valence-electron chi connectivity index (χ4n) is 2.31. The largest absolute Gasteiger partial charge is 0.322 e. The highest BCUT2D eigenvalue weighted by Gasteiger charge is 2.32. The van der Waals surface area contributed by atoms with Crippen LogP contribution in [0.5, 0.6) is 0 Å². The molecule has 3 amide bonds. The second-order valence-corrected chi connectivity index (χ2v) is 6.33. The Morgan fingerprint density at radius 1 is 1.09 bits per heavy atom. The van der Waals surface area contributed by atoms with Crippen molar-refractivity contribution in [3.05, 3.63) is 62.6 Å². The highest BCUT2D eigenvalue weighted by molar-refractivity contribution is 9.10. The number of halogens is 2. The van der Waals surface area contributed by atoms with Crippen molar-refractivity contribution >= 4 is 50.9 Å². The Bertz CT molecular complexity index is 866. The zero-order valence-electron chi connectivity index (χ0n) is 11.9. The number of nitrogens with zero attached hydrogens (tertiary/aromatic N) is 1. The van der Waals surface area contributed by atoms with Gasteiger partial charge >= 0.3 is 0 Å². The molecular formula is C16H10BrClN2O3. The lowest BCUT2D eigenvalue weighted by Crippen LogP contribution is -2.24. The Morgan fingerprint density at radius 2 is 1.78 bits per heavy atom. The normalized spacial score (nSPS) is 13.3. The van der Waals surface area contributed by atoms with Crippen molar-refractivity contribution in [2.24, 2.45) is 0 Å². The third-order valence-electron chi connectivity index (χ3n) is 3.52. The van der Waals surface area contributed by atoms with Crippen molar-refractivity contribution in [2.75, 3.05) is 12.4 Å². The maximum Gasteiger partial charge on any atom is 0.261 e. The molecule has 3 rings (SSSR count). The maximum atomic E-state index is 12.3. The Morgan fingerprint density at radius 3 is 2.52 bits per heavy atom. The molecule has 7 heteroatoms. The van der Waals surface area contributed by atoms with E-state index in [9.17, 15) is 14.4 Å². The van der Waals surface area contributed by atoms with Crippen LogP contribution in [0.1, 0.15) is 31.1 Å². The van der Waals surface area contributed by atoms with Gasteiger partial charge in [0.15, 0.2) is 0 Å². The van der Waals surface area contributed by atoms with E-state index in [1.165, 1.54) is 19.2 Å². The summed E-state index contributed by atoms with van der Waals surface area (Å²) in [6, 6.07) is 9.54. The van der Waals surface area contributed by atoms with Crippen LogP contribution in [-0.2, 0) is 0 Å². The van der Waals surface area contributed by atoms with E-state index in [0.29, 0.717) is 21.8 Å². The molecule has 0 aliphatic carbocycles. The fraction of sp³-hybridized carbons (Fsp3) is 0.0625. The van der Waals surface area contributed by atoms with Crippen LogP contribution in [0.25, 0.3) is 0 Å². The second kappa shape index (κ2) is 5.79. The van der Waals surface area contributed by atoms with Crippen LogP contribution in [0, 0.1) is 0 Å². The van der Waals surface area contributed by atoms with Gasteiger partial charge in [0, 0.05) is 17.2 Å². The quantitative estimate of drug-likeness (QED) is 0.793. The van der Waals surface area contributed by atoms with E-state index in [-0.39, 0.29) is 17.4 Å². The number of rotatable bonds is 2. The van der Waals surface area contributed by atoms with Gasteiger partial charge < -0.3 is 5.32 Å². The predicted molar refractivity (Wildman–Crippen MR) is 90.0 cm³/mol. The third kappa shape index (κ3) is 2.75. The minimum Gasteiger partial charge on any atom is -0.322 e. The molecule has 23 heavy (non-hydrogen) atoms. The lowest BCUT2D eigenvalue weighted by Gasteiger charge is -2.08. The van der Waals surface area contributed by atoms with Gasteiger partial charge in [-0.3, -0.25) is 19.3 Å². The third-order valence-corrected chi connectivity index (χ3v) is 4.34. The molecular weight excluding hydrogens is 384 g/mol. The Hall–Kier alpha value is -2.18. The number of benzene rings is 2. The standard InChI is InChI=1S/C16H10BrClN2O3/c1-20-15(22)10-4-3-9(7-11(10)16(20)23)19-14(21)12-6-8(17)2-5-13(12)18/h2-7H,1H3,(H,19,21). The maximum absolute atomic E-state index is 12.3. The molecule has 0 bridgehead atoms. The molecule has 1 aliphatic heterocycles. The van der Waals surface area contributed by atoms with Crippen LogP contribution < -0.4 is 5.32 Å². The number of hydrogen-bond donors (Lipinski definition) is 1.